The number of aliphatic carboxylic acids is 1. The van der Waals surface area contributed by atoms with E-state index < -0.39 is 5.97 Å². The maximum atomic E-state index is 13.2. The number of carbonyl (C=O) groups is 2. The lowest BCUT2D eigenvalue weighted by atomic mass is 9.93. The number of nitrogens with one attached hydrogen (secondary N) is 1. The Labute approximate surface area is 161 Å². The highest BCUT2D eigenvalue weighted by atomic mass is 16.4. The van der Waals surface area contributed by atoms with Gasteiger partial charge in [0, 0.05) is 36.5 Å². The largest absolute Gasteiger partial charge is 0.480 e. The van der Waals surface area contributed by atoms with Gasteiger partial charge in [0.2, 0.25) is 0 Å². The first-order valence-electron chi connectivity index (χ1n) is 9.11. The highest BCUT2D eigenvalue weighted by Crippen LogP contribution is 2.29. The van der Waals surface area contributed by atoms with E-state index in [4.69, 9.17) is 5.11 Å². The summed E-state index contributed by atoms with van der Waals surface area (Å²) in [5.74, 6) is -0.398. The van der Waals surface area contributed by atoms with E-state index in [9.17, 15) is 9.59 Å². The molecule has 0 spiro atoms. The minimum absolute atomic E-state index is 0.0528. The predicted molar refractivity (Wildman–Crippen MR) is 99.6 cm³/mol. The Hall–Kier alpha value is -3.49. The van der Waals surface area contributed by atoms with Crippen molar-refractivity contribution in [2.24, 2.45) is 0 Å². The van der Waals surface area contributed by atoms with E-state index >= 15 is 0 Å². The van der Waals surface area contributed by atoms with Gasteiger partial charge in [-0.25, -0.2) is 4.98 Å². The number of likely N-dealkylation sites (tertiary alicyclic amines) is 1. The zero-order valence-electron chi connectivity index (χ0n) is 15.2. The van der Waals surface area contributed by atoms with Crippen molar-refractivity contribution in [1.29, 1.82) is 0 Å². The van der Waals surface area contributed by atoms with Crippen LogP contribution in [0.25, 0.3) is 11.4 Å². The van der Waals surface area contributed by atoms with Crippen molar-refractivity contribution in [2.75, 3.05) is 13.1 Å². The molecule has 4 rings (SSSR count). The van der Waals surface area contributed by atoms with E-state index in [1.807, 2.05) is 29.2 Å². The lowest BCUT2D eigenvalue weighted by Crippen LogP contribution is -2.40. The minimum Gasteiger partial charge on any atom is -0.480 e. The quantitative estimate of drug-likeness (QED) is 0.697. The van der Waals surface area contributed by atoms with Crippen LogP contribution in [0.5, 0.6) is 0 Å². The SMILES string of the molecule is O=C(O)Cn1nccc1[C@H]1CCCN(C(=O)c2ccccc2-c2ncn[nH]2)C1. The van der Waals surface area contributed by atoms with Crippen molar-refractivity contribution < 1.29 is 14.7 Å². The van der Waals surface area contributed by atoms with Crippen LogP contribution in [0.4, 0.5) is 0 Å². The zero-order chi connectivity index (χ0) is 19.5. The molecule has 1 saturated heterocycles. The van der Waals surface area contributed by atoms with E-state index in [0.717, 1.165) is 18.5 Å². The summed E-state index contributed by atoms with van der Waals surface area (Å²) in [6, 6.07) is 9.16. The molecule has 2 N–H and O–H groups in total. The fraction of sp³-hybridized carbons (Fsp3) is 0.316. The molecule has 0 unspecified atom stereocenters. The van der Waals surface area contributed by atoms with Crippen LogP contribution in [0.2, 0.25) is 0 Å². The smallest absolute Gasteiger partial charge is 0.325 e. The monoisotopic (exact) mass is 380 g/mol. The third-order valence-electron chi connectivity index (χ3n) is 4.99. The fourth-order valence-electron chi connectivity index (χ4n) is 3.73. The number of carboxylic acid groups (broad SMARTS) is 1. The topological polar surface area (TPSA) is 117 Å². The Morgan fingerprint density at radius 1 is 1.25 bits per heavy atom. The molecule has 9 nitrogen and oxygen atoms in total. The molecule has 3 aromatic rings. The van der Waals surface area contributed by atoms with Crippen LogP contribution in [0.3, 0.4) is 0 Å². The molecule has 2 aromatic heterocycles. The normalized spacial score (nSPS) is 16.9. The molecule has 0 radical (unpaired) electrons. The molecule has 0 aliphatic carbocycles. The van der Waals surface area contributed by atoms with Crippen molar-refractivity contribution in [3.05, 3.63) is 54.1 Å². The van der Waals surface area contributed by atoms with Crippen LogP contribution in [0.15, 0.2) is 42.9 Å². The van der Waals surface area contributed by atoms with E-state index in [1.54, 1.807) is 12.3 Å². The van der Waals surface area contributed by atoms with Gasteiger partial charge in [0.05, 0.1) is 5.56 Å². The second kappa shape index (κ2) is 7.63. The molecule has 1 amide bonds. The van der Waals surface area contributed by atoms with E-state index in [-0.39, 0.29) is 18.4 Å². The number of benzene rings is 1. The van der Waals surface area contributed by atoms with Crippen LogP contribution in [0, 0.1) is 0 Å². The van der Waals surface area contributed by atoms with Gasteiger partial charge in [0.15, 0.2) is 5.82 Å². The molecule has 144 valence electrons. The molecule has 28 heavy (non-hydrogen) atoms. The summed E-state index contributed by atoms with van der Waals surface area (Å²) >= 11 is 0. The number of aromatic nitrogens is 5. The Morgan fingerprint density at radius 3 is 2.89 bits per heavy atom. The number of nitrogens with zero attached hydrogens (tertiary/aromatic N) is 5. The van der Waals surface area contributed by atoms with Crippen LogP contribution < -0.4 is 0 Å². The van der Waals surface area contributed by atoms with Gasteiger partial charge in [-0.3, -0.25) is 19.4 Å². The first-order chi connectivity index (χ1) is 13.6. The summed E-state index contributed by atoms with van der Waals surface area (Å²) in [7, 11) is 0. The summed E-state index contributed by atoms with van der Waals surface area (Å²) in [6.45, 7) is 1.00. The summed E-state index contributed by atoms with van der Waals surface area (Å²) in [6.07, 6.45) is 4.76. The Kier molecular flexibility index (Phi) is 4.88. The van der Waals surface area contributed by atoms with Gasteiger partial charge < -0.3 is 10.0 Å². The lowest BCUT2D eigenvalue weighted by Gasteiger charge is -2.33. The third kappa shape index (κ3) is 3.51. The molecule has 0 saturated carbocycles. The molecular formula is C19H20N6O3. The fourth-order valence-corrected chi connectivity index (χ4v) is 3.73. The predicted octanol–water partition coefficient (Wildman–Crippen LogP) is 1.77. The number of hydrogen-bond acceptors (Lipinski definition) is 5. The first kappa shape index (κ1) is 17.9. The minimum atomic E-state index is -0.935. The van der Waals surface area contributed by atoms with Crippen molar-refractivity contribution in [3.8, 4) is 11.4 Å². The summed E-state index contributed by atoms with van der Waals surface area (Å²) in [4.78, 5) is 30.3. The van der Waals surface area contributed by atoms with Gasteiger partial charge in [0.25, 0.3) is 5.91 Å². The van der Waals surface area contributed by atoms with E-state index in [1.165, 1.54) is 11.0 Å². The van der Waals surface area contributed by atoms with Crippen LogP contribution >= 0.6 is 0 Å². The zero-order valence-corrected chi connectivity index (χ0v) is 15.2. The highest BCUT2D eigenvalue weighted by Gasteiger charge is 2.29. The van der Waals surface area contributed by atoms with Crippen molar-refractivity contribution >= 4 is 11.9 Å². The van der Waals surface area contributed by atoms with Gasteiger partial charge in [-0.2, -0.15) is 10.2 Å². The van der Waals surface area contributed by atoms with Gasteiger partial charge in [-0.15, -0.1) is 0 Å². The van der Waals surface area contributed by atoms with Gasteiger partial charge in [-0.1, -0.05) is 18.2 Å². The summed E-state index contributed by atoms with van der Waals surface area (Å²) < 4.78 is 1.50. The molecule has 3 heterocycles. The van der Waals surface area contributed by atoms with E-state index in [2.05, 4.69) is 20.3 Å². The number of piperidine rings is 1. The highest BCUT2D eigenvalue weighted by molar-refractivity contribution is 6.00. The molecular weight excluding hydrogens is 360 g/mol. The Balaban J connectivity index is 1.57. The maximum absolute atomic E-state index is 13.2. The number of carboxylic acids is 1. The van der Waals surface area contributed by atoms with Crippen molar-refractivity contribution in [1.82, 2.24) is 29.9 Å². The van der Waals surface area contributed by atoms with Gasteiger partial charge in [-0.05, 0) is 25.0 Å². The molecule has 1 atom stereocenters. The summed E-state index contributed by atoms with van der Waals surface area (Å²) in [5, 5.41) is 19.9. The number of amides is 1. The van der Waals surface area contributed by atoms with Crippen LogP contribution in [0.1, 0.15) is 34.8 Å². The molecule has 1 fully saturated rings. The first-order valence-corrected chi connectivity index (χ1v) is 9.11. The van der Waals surface area contributed by atoms with Gasteiger partial charge in [0.1, 0.15) is 12.9 Å². The maximum Gasteiger partial charge on any atom is 0.325 e. The average molecular weight is 380 g/mol. The lowest BCUT2D eigenvalue weighted by molar-refractivity contribution is -0.137. The molecule has 9 heteroatoms. The number of hydrogen-bond donors (Lipinski definition) is 2. The number of aromatic amines is 1. The standard InChI is InChI=1S/C19H20N6O3/c26-17(27)11-25-16(7-8-22-25)13-4-3-9-24(10-13)19(28)15-6-2-1-5-14(15)18-20-12-21-23-18/h1-2,5-8,12-13H,3-4,9-11H2,(H,26,27)(H,20,21,23)/t13-/m0/s1. The van der Waals surface area contributed by atoms with Crippen LogP contribution in [-0.2, 0) is 11.3 Å². The van der Waals surface area contributed by atoms with Crippen molar-refractivity contribution in [3.63, 3.8) is 0 Å². The van der Waals surface area contributed by atoms with Crippen molar-refractivity contribution in [2.45, 2.75) is 25.3 Å². The molecule has 1 aliphatic heterocycles. The average Bonchev–Trinajstić information content (AvgIpc) is 3.39. The van der Waals surface area contributed by atoms with E-state index in [0.29, 0.717) is 30.0 Å². The molecule has 1 aromatic carbocycles. The Bertz CT molecular complexity index is 981. The number of H-pyrrole nitrogens is 1. The number of carbonyl (C=O) groups excluding carboxylic acids is 1. The summed E-state index contributed by atoms with van der Waals surface area (Å²) in [5.41, 5.74) is 2.13. The second-order valence-corrected chi connectivity index (χ2v) is 6.78. The Morgan fingerprint density at radius 2 is 2.11 bits per heavy atom. The second-order valence-electron chi connectivity index (χ2n) is 6.78. The van der Waals surface area contributed by atoms with Crippen LogP contribution in [-0.4, -0.2) is 59.9 Å². The molecule has 1 aliphatic rings. The third-order valence-corrected chi connectivity index (χ3v) is 4.99. The molecule has 0 bridgehead atoms. The van der Waals surface area contributed by atoms with Gasteiger partial charge >= 0.3 is 5.97 Å². The number of rotatable bonds is 5.